The SMILES string of the molecule is C=C/C=C\C=C(/CC)O[C@H]1OC(CCP(O)OC(C)C)[C@@H](O)C(O)C1O. The number of hydrogen-bond donors (Lipinski definition) is 4. The average Bonchev–Trinajstić information content (AvgIpc) is 2.59. The van der Waals surface area contributed by atoms with Crippen molar-refractivity contribution in [1.82, 2.24) is 0 Å². The summed E-state index contributed by atoms with van der Waals surface area (Å²) in [4.78, 5) is 9.86. The lowest BCUT2D eigenvalue weighted by Crippen LogP contribution is -2.58. The molecule has 0 aromatic rings. The Kier molecular flexibility index (Phi) is 10.6. The lowest BCUT2D eigenvalue weighted by Gasteiger charge is -2.40. The van der Waals surface area contributed by atoms with E-state index in [1.807, 2.05) is 20.8 Å². The van der Waals surface area contributed by atoms with Gasteiger partial charge in [0.05, 0.1) is 18.0 Å². The fourth-order valence-electron chi connectivity index (χ4n) is 2.42. The highest BCUT2D eigenvalue weighted by molar-refractivity contribution is 7.46. The number of aliphatic hydroxyl groups excluding tert-OH is 3. The summed E-state index contributed by atoms with van der Waals surface area (Å²) in [5, 5.41) is 30.4. The minimum absolute atomic E-state index is 0.104. The van der Waals surface area contributed by atoms with E-state index in [1.165, 1.54) is 0 Å². The second kappa shape index (κ2) is 11.8. The van der Waals surface area contributed by atoms with Crippen molar-refractivity contribution < 1.29 is 34.2 Å². The summed E-state index contributed by atoms with van der Waals surface area (Å²) in [5.74, 6) is 0.557. The van der Waals surface area contributed by atoms with E-state index >= 15 is 0 Å². The summed E-state index contributed by atoms with van der Waals surface area (Å²) in [7, 11) is -1.64. The van der Waals surface area contributed by atoms with Crippen LogP contribution in [0.2, 0.25) is 0 Å². The Morgan fingerprint density at radius 1 is 1.19 bits per heavy atom. The highest BCUT2D eigenvalue weighted by Crippen LogP contribution is 2.36. The van der Waals surface area contributed by atoms with E-state index in [0.717, 1.165) is 0 Å². The molecule has 1 fully saturated rings. The molecule has 6 atom stereocenters. The molecule has 1 rings (SSSR count). The summed E-state index contributed by atoms with van der Waals surface area (Å²) in [6.07, 6.45) is 1.85. The van der Waals surface area contributed by atoms with Gasteiger partial charge < -0.3 is 34.2 Å². The minimum atomic E-state index is -1.64. The summed E-state index contributed by atoms with van der Waals surface area (Å²) in [6, 6.07) is 0. The number of aliphatic hydroxyl groups is 3. The Hall–Kier alpha value is -0.790. The number of rotatable bonds is 10. The first-order valence-corrected chi connectivity index (χ1v) is 10.2. The monoisotopic (exact) mass is 390 g/mol. The molecular weight excluding hydrogens is 359 g/mol. The molecule has 150 valence electrons. The molecule has 0 saturated carbocycles. The Balaban J connectivity index is 2.72. The van der Waals surface area contributed by atoms with Gasteiger partial charge in [-0.25, -0.2) is 0 Å². The molecule has 1 aliphatic rings. The molecule has 0 aromatic heterocycles. The van der Waals surface area contributed by atoms with Crippen molar-refractivity contribution in [2.24, 2.45) is 0 Å². The Bertz CT molecular complexity index is 480. The predicted octanol–water partition coefficient (Wildman–Crippen LogP) is 1.97. The molecule has 7 nitrogen and oxygen atoms in total. The van der Waals surface area contributed by atoms with Crippen molar-refractivity contribution >= 4 is 8.38 Å². The van der Waals surface area contributed by atoms with Crippen LogP contribution < -0.4 is 0 Å². The van der Waals surface area contributed by atoms with Crippen LogP contribution >= 0.6 is 8.38 Å². The smallest absolute Gasteiger partial charge is 0.228 e. The van der Waals surface area contributed by atoms with E-state index < -0.39 is 39.1 Å². The van der Waals surface area contributed by atoms with Gasteiger partial charge in [-0.1, -0.05) is 31.7 Å². The highest BCUT2D eigenvalue weighted by atomic mass is 31.2. The fraction of sp³-hybridized carbons (Fsp3) is 0.667. The zero-order chi connectivity index (χ0) is 19.7. The van der Waals surface area contributed by atoms with Crippen molar-refractivity contribution in [2.45, 2.75) is 70.4 Å². The van der Waals surface area contributed by atoms with Gasteiger partial charge in [0.1, 0.15) is 18.3 Å². The molecule has 4 N–H and O–H groups in total. The topological polar surface area (TPSA) is 109 Å². The largest absolute Gasteiger partial charge is 0.466 e. The van der Waals surface area contributed by atoms with Gasteiger partial charge in [0.25, 0.3) is 0 Å². The van der Waals surface area contributed by atoms with Crippen LogP contribution in [0.4, 0.5) is 0 Å². The van der Waals surface area contributed by atoms with Crippen LogP contribution in [0.3, 0.4) is 0 Å². The molecule has 4 unspecified atom stereocenters. The maximum atomic E-state index is 10.1. The molecule has 1 aliphatic heterocycles. The third-order valence-corrected chi connectivity index (χ3v) is 5.06. The van der Waals surface area contributed by atoms with Gasteiger partial charge in [-0.15, -0.1) is 0 Å². The van der Waals surface area contributed by atoms with Crippen molar-refractivity contribution in [1.29, 1.82) is 0 Å². The number of ether oxygens (including phenoxy) is 2. The van der Waals surface area contributed by atoms with E-state index in [-0.39, 0.29) is 18.7 Å². The van der Waals surface area contributed by atoms with Crippen molar-refractivity contribution in [2.75, 3.05) is 6.16 Å². The van der Waals surface area contributed by atoms with Crippen LogP contribution in [0.15, 0.2) is 36.6 Å². The molecule has 0 aliphatic carbocycles. The molecular formula is C18H31O7P. The molecule has 0 spiro atoms. The first-order chi connectivity index (χ1) is 12.3. The van der Waals surface area contributed by atoms with Crippen LogP contribution in [0, 0.1) is 0 Å². The summed E-state index contributed by atoms with van der Waals surface area (Å²) < 4.78 is 16.6. The Morgan fingerprint density at radius 3 is 2.46 bits per heavy atom. The molecule has 26 heavy (non-hydrogen) atoms. The molecule has 1 saturated heterocycles. The normalized spacial score (nSPS) is 31.4. The molecule has 0 bridgehead atoms. The average molecular weight is 390 g/mol. The number of hydrogen-bond acceptors (Lipinski definition) is 7. The third-order valence-electron chi connectivity index (χ3n) is 3.75. The third kappa shape index (κ3) is 7.45. The molecule has 0 radical (unpaired) electrons. The van der Waals surface area contributed by atoms with E-state index in [0.29, 0.717) is 12.2 Å². The van der Waals surface area contributed by atoms with Gasteiger partial charge in [0, 0.05) is 12.6 Å². The fourth-order valence-corrected chi connectivity index (χ4v) is 3.48. The summed E-state index contributed by atoms with van der Waals surface area (Å²) >= 11 is 0. The van der Waals surface area contributed by atoms with Gasteiger partial charge >= 0.3 is 0 Å². The van der Waals surface area contributed by atoms with Gasteiger partial charge in [-0.2, -0.15) is 0 Å². The standard InChI is InChI=1S/C18H31O7P/c1-5-7-8-9-13(6-2)23-18-17(21)16(20)15(19)14(24-18)10-11-26(22)25-12(3)4/h5,7-9,12,14-22H,1,6,10-11H2,2-4H3/b8-7-,13-9+/t14?,15-,16?,17?,18+,26?/m1/s1. The van der Waals surface area contributed by atoms with Crippen LogP contribution in [0.1, 0.15) is 33.6 Å². The lowest BCUT2D eigenvalue weighted by atomic mass is 9.97. The number of allylic oxidation sites excluding steroid dienone is 5. The molecule has 0 aromatic carbocycles. The second-order valence-corrected chi connectivity index (χ2v) is 7.62. The molecule has 0 amide bonds. The van der Waals surface area contributed by atoms with E-state index in [4.69, 9.17) is 14.0 Å². The minimum Gasteiger partial charge on any atom is -0.466 e. The lowest BCUT2D eigenvalue weighted by molar-refractivity contribution is -0.287. The first-order valence-electron chi connectivity index (χ1n) is 8.77. The van der Waals surface area contributed by atoms with Gasteiger partial charge in [-0.3, -0.25) is 0 Å². The maximum Gasteiger partial charge on any atom is 0.228 e. The highest BCUT2D eigenvalue weighted by Gasteiger charge is 2.45. The first kappa shape index (κ1) is 23.2. The Morgan fingerprint density at radius 2 is 1.88 bits per heavy atom. The van der Waals surface area contributed by atoms with Crippen molar-refractivity contribution in [3.05, 3.63) is 36.6 Å². The van der Waals surface area contributed by atoms with Crippen LogP contribution in [-0.4, -0.2) is 63.2 Å². The maximum absolute atomic E-state index is 10.1. The van der Waals surface area contributed by atoms with Crippen LogP contribution in [0.25, 0.3) is 0 Å². The van der Waals surface area contributed by atoms with E-state index in [2.05, 4.69) is 6.58 Å². The quantitative estimate of drug-likeness (QED) is 0.257. The molecule has 1 heterocycles. The van der Waals surface area contributed by atoms with Gasteiger partial charge in [0.15, 0.2) is 8.38 Å². The van der Waals surface area contributed by atoms with Gasteiger partial charge in [-0.05, 0) is 26.3 Å². The van der Waals surface area contributed by atoms with Crippen LogP contribution in [-0.2, 0) is 14.0 Å². The zero-order valence-corrected chi connectivity index (χ0v) is 16.5. The van der Waals surface area contributed by atoms with Crippen LogP contribution in [0.5, 0.6) is 0 Å². The van der Waals surface area contributed by atoms with Crippen molar-refractivity contribution in [3.8, 4) is 0 Å². The van der Waals surface area contributed by atoms with E-state index in [9.17, 15) is 20.2 Å². The Labute approximate surface area is 156 Å². The summed E-state index contributed by atoms with van der Waals surface area (Å²) in [5.41, 5.74) is 0. The van der Waals surface area contributed by atoms with Crippen molar-refractivity contribution in [3.63, 3.8) is 0 Å². The summed E-state index contributed by atoms with van der Waals surface area (Å²) in [6.45, 7) is 9.10. The van der Waals surface area contributed by atoms with Gasteiger partial charge in [0.2, 0.25) is 6.29 Å². The molecule has 8 heteroatoms. The second-order valence-electron chi connectivity index (χ2n) is 6.26. The van der Waals surface area contributed by atoms with E-state index in [1.54, 1.807) is 24.3 Å². The predicted molar refractivity (Wildman–Crippen MR) is 100 cm³/mol. The zero-order valence-electron chi connectivity index (χ0n) is 15.6.